The number of hydrogen-bond donors (Lipinski definition) is 2. The minimum atomic E-state index is -0.662. The molecule has 4 rings (SSSR count). The molecule has 27 heavy (non-hydrogen) atoms. The molecule has 140 valence electrons. The normalized spacial score (nSPS) is 17.7. The van der Waals surface area contributed by atoms with Crippen molar-refractivity contribution in [1.29, 1.82) is 0 Å². The third-order valence-electron chi connectivity index (χ3n) is 5.31. The van der Waals surface area contributed by atoms with Crippen LogP contribution in [-0.2, 0) is 4.79 Å². The maximum atomic E-state index is 13.0. The lowest BCUT2D eigenvalue weighted by Crippen LogP contribution is -2.59. The predicted molar refractivity (Wildman–Crippen MR) is 104 cm³/mol. The Morgan fingerprint density at radius 3 is 2.48 bits per heavy atom. The van der Waals surface area contributed by atoms with Crippen molar-refractivity contribution in [3.8, 4) is 5.75 Å². The van der Waals surface area contributed by atoms with Crippen LogP contribution in [-0.4, -0.2) is 41.9 Å². The first-order chi connectivity index (χ1) is 13.1. The van der Waals surface area contributed by atoms with Gasteiger partial charge in [-0.15, -0.1) is 0 Å². The Labute approximate surface area is 158 Å². The van der Waals surface area contributed by atoms with Gasteiger partial charge in [0.2, 0.25) is 5.91 Å². The maximum absolute atomic E-state index is 13.0. The minimum Gasteiger partial charge on any atom is -0.493 e. The van der Waals surface area contributed by atoms with E-state index in [9.17, 15) is 9.59 Å². The fourth-order valence-electron chi connectivity index (χ4n) is 3.80. The molecule has 1 saturated heterocycles. The lowest BCUT2D eigenvalue weighted by Gasteiger charge is -2.44. The van der Waals surface area contributed by atoms with E-state index in [1.165, 1.54) is 0 Å². The molecule has 2 aromatic carbocycles. The number of para-hydroxylation sites is 3. The van der Waals surface area contributed by atoms with E-state index in [1.54, 1.807) is 11.0 Å². The molecule has 1 fully saturated rings. The van der Waals surface area contributed by atoms with E-state index in [0.717, 1.165) is 11.4 Å². The summed E-state index contributed by atoms with van der Waals surface area (Å²) in [5.41, 5.74) is 1.64. The van der Waals surface area contributed by atoms with Gasteiger partial charge in [-0.05, 0) is 44.0 Å². The molecule has 2 aliphatic heterocycles. The van der Waals surface area contributed by atoms with Gasteiger partial charge in [-0.3, -0.25) is 9.59 Å². The van der Waals surface area contributed by atoms with Gasteiger partial charge in [0.1, 0.15) is 11.3 Å². The van der Waals surface area contributed by atoms with Crippen LogP contribution in [0.2, 0.25) is 0 Å². The Balaban J connectivity index is 1.50. The van der Waals surface area contributed by atoms with Crippen LogP contribution in [0.5, 0.6) is 5.75 Å². The summed E-state index contributed by atoms with van der Waals surface area (Å²) in [5.74, 6) is 0.529. The Morgan fingerprint density at radius 1 is 1.07 bits per heavy atom. The van der Waals surface area contributed by atoms with Gasteiger partial charge in [0, 0.05) is 13.1 Å². The summed E-state index contributed by atoms with van der Waals surface area (Å²) in [5, 5.41) is 6.42. The molecule has 0 aromatic heterocycles. The van der Waals surface area contributed by atoms with E-state index < -0.39 is 5.54 Å². The maximum Gasteiger partial charge on any atom is 0.257 e. The Morgan fingerprint density at radius 2 is 1.74 bits per heavy atom. The minimum absolute atomic E-state index is 0.0250. The van der Waals surface area contributed by atoms with Crippen molar-refractivity contribution in [3.05, 3.63) is 54.1 Å². The quantitative estimate of drug-likeness (QED) is 0.877. The number of hydrogen-bond acceptors (Lipinski definition) is 4. The number of amides is 2. The number of rotatable bonds is 3. The largest absolute Gasteiger partial charge is 0.493 e. The van der Waals surface area contributed by atoms with Gasteiger partial charge in [0.15, 0.2) is 0 Å². The number of carbonyl (C=O) groups excluding carboxylic acids is 2. The first-order valence-electron chi connectivity index (χ1n) is 9.33. The zero-order valence-electron chi connectivity index (χ0n) is 15.3. The number of carbonyl (C=O) groups is 2. The molecule has 2 aromatic rings. The standard InChI is InChI=1S/C21H23N3O3/c1-2-27-18-10-6-3-7-15(18)19(25)24-13-11-21(12-14-24)20(26)22-16-8-4-5-9-17(16)23-21/h3-10,23H,2,11-14H2,1H3,(H,22,26). The molecule has 2 N–H and O–H groups in total. The van der Waals surface area contributed by atoms with Crippen LogP contribution in [0, 0.1) is 0 Å². The predicted octanol–water partition coefficient (Wildman–Crippen LogP) is 3.12. The lowest BCUT2D eigenvalue weighted by atomic mass is 9.84. The molecular formula is C21H23N3O3. The molecule has 0 atom stereocenters. The van der Waals surface area contributed by atoms with Gasteiger partial charge >= 0.3 is 0 Å². The molecule has 0 bridgehead atoms. The van der Waals surface area contributed by atoms with Crippen molar-refractivity contribution in [2.24, 2.45) is 0 Å². The highest BCUT2D eigenvalue weighted by molar-refractivity contribution is 6.06. The summed E-state index contributed by atoms with van der Waals surface area (Å²) in [4.78, 5) is 27.5. The second-order valence-corrected chi connectivity index (χ2v) is 6.93. The Kier molecular flexibility index (Phi) is 4.48. The van der Waals surface area contributed by atoms with Crippen molar-refractivity contribution < 1.29 is 14.3 Å². The molecule has 2 amide bonds. The second kappa shape index (κ2) is 6.95. The first kappa shape index (κ1) is 17.4. The molecule has 0 saturated carbocycles. The van der Waals surface area contributed by atoms with Gasteiger partial charge < -0.3 is 20.3 Å². The van der Waals surface area contributed by atoms with Crippen LogP contribution in [0.1, 0.15) is 30.1 Å². The number of ether oxygens (including phenoxy) is 1. The number of fused-ring (bicyclic) bond motifs is 1. The van der Waals surface area contributed by atoms with Crippen LogP contribution in [0.15, 0.2) is 48.5 Å². The summed E-state index contributed by atoms with van der Waals surface area (Å²) in [6, 6.07) is 15.0. The first-order valence-corrected chi connectivity index (χ1v) is 9.33. The van der Waals surface area contributed by atoms with Crippen LogP contribution in [0.3, 0.4) is 0 Å². The van der Waals surface area contributed by atoms with Crippen LogP contribution in [0.25, 0.3) is 0 Å². The topological polar surface area (TPSA) is 70.7 Å². The van der Waals surface area contributed by atoms with Crippen molar-refractivity contribution in [3.63, 3.8) is 0 Å². The van der Waals surface area contributed by atoms with E-state index in [-0.39, 0.29) is 11.8 Å². The number of likely N-dealkylation sites (tertiary alicyclic amines) is 1. The number of nitrogens with one attached hydrogen (secondary N) is 2. The van der Waals surface area contributed by atoms with E-state index in [4.69, 9.17) is 4.74 Å². The number of benzene rings is 2. The SMILES string of the molecule is CCOc1ccccc1C(=O)N1CCC2(CC1)Nc1ccccc1NC2=O. The molecule has 6 nitrogen and oxygen atoms in total. The van der Waals surface area contributed by atoms with Gasteiger partial charge in [0.25, 0.3) is 5.91 Å². The van der Waals surface area contributed by atoms with Gasteiger partial charge in [-0.2, -0.15) is 0 Å². The molecule has 2 heterocycles. The highest BCUT2D eigenvalue weighted by Gasteiger charge is 2.45. The number of piperidine rings is 1. The zero-order valence-corrected chi connectivity index (χ0v) is 15.3. The number of nitrogens with zero attached hydrogens (tertiary/aromatic N) is 1. The molecule has 0 unspecified atom stereocenters. The third-order valence-corrected chi connectivity index (χ3v) is 5.31. The molecule has 0 aliphatic carbocycles. The second-order valence-electron chi connectivity index (χ2n) is 6.93. The summed E-state index contributed by atoms with van der Waals surface area (Å²) in [6.07, 6.45) is 1.13. The molecule has 0 radical (unpaired) electrons. The molecule has 1 spiro atoms. The van der Waals surface area contributed by atoms with Crippen LogP contribution < -0.4 is 15.4 Å². The van der Waals surface area contributed by atoms with Crippen molar-refractivity contribution in [1.82, 2.24) is 4.90 Å². The smallest absolute Gasteiger partial charge is 0.257 e. The third kappa shape index (κ3) is 3.12. The highest BCUT2D eigenvalue weighted by atomic mass is 16.5. The number of anilines is 2. The average Bonchev–Trinajstić information content (AvgIpc) is 2.70. The summed E-state index contributed by atoms with van der Waals surface area (Å²) < 4.78 is 5.59. The van der Waals surface area contributed by atoms with Crippen LogP contribution >= 0.6 is 0 Å². The van der Waals surface area contributed by atoms with E-state index in [1.807, 2.05) is 49.4 Å². The highest BCUT2D eigenvalue weighted by Crippen LogP contribution is 2.36. The van der Waals surface area contributed by atoms with E-state index in [0.29, 0.717) is 43.9 Å². The fourth-order valence-corrected chi connectivity index (χ4v) is 3.80. The Hall–Kier alpha value is -3.02. The fraction of sp³-hybridized carbons (Fsp3) is 0.333. The average molecular weight is 365 g/mol. The van der Waals surface area contributed by atoms with E-state index >= 15 is 0 Å². The van der Waals surface area contributed by atoms with Crippen molar-refractivity contribution in [2.45, 2.75) is 25.3 Å². The molecular weight excluding hydrogens is 342 g/mol. The van der Waals surface area contributed by atoms with Gasteiger partial charge in [-0.25, -0.2) is 0 Å². The Bertz CT molecular complexity index is 872. The molecule has 2 aliphatic rings. The van der Waals surface area contributed by atoms with Crippen molar-refractivity contribution >= 4 is 23.2 Å². The zero-order chi connectivity index (χ0) is 18.9. The summed E-state index contributed by atoms with van der Waals surface area (Å²) in [6.45, 7) is 3.44. The van der Waals surface area contributed by atoms with Gasteiger partial charge in [-0.1, -0.05) is 24.3 Å². The van der Waals surface area contributed by atoms with Gasteiger partial charge in [0.05, 0.1) is 23.5 Å². The molecule has 6 heteroatoms. The summed E-state index contributed by atoms with van der Waals surface area (Å²) >= 11 is 0. The monoisotopic (exact) mass is 365 g/mol. The van der Waals surface area contributed by atoms with E-state index in [2.05, 4.69) is 10.6 Å². The summed E-state index contributed by atoms with van der Waals surface area (Å²) in [7, 11) is 0. The van der Waals surface area contributed by atoms with Crippen LogP contribution in [0.4, 0.5) is 11.4 Å². The lowest BCUT2D eigenvalue weighted by molar-refractivity contribution is -0.122. The van der Waals surface area contributed by atoms with Crippen molar-refractivity contribution in [2.75, 3.05) is 30.3 Å².